The molecule has 1 atom stereocenters. The number of aliphatic hydroxyl groups excluding tert-OH is 1. The number of anilines is 1. The lowest BCUT2D eigenvalue weighted by atomic mass is 10.1. The Balaban J connectivity index is 3.05. The quantitative estimate of drug-likeness (QED) is 0.870. The van der Waals surface area contributed by atoms with Crippen LogP contribution in [0.1, 0.15) is 18.9 Å². The number of aliphatic hydroxyl groups is 1. The molecule has 0 spiro atoms. The molecule has 0 heterocycles. The molecule has 1 aromatic rings. The van der Waals surface area contributed by atoms with E-state index in [4.69, 9.17) is 4.74 Å². The fourth-order valence-corrected chi connectivity index (χ4v) is 1.84. The van der Waals surface area contributed by atoms with E-state index >= 15 is 0 Å². The number of carbonyl (C=O) groups excluding carboxylic acids is 1. The third kappa shape index (κ3) is 3.01. The van der Waals surface area contributed by atoms with E-state index in [1.54, 1.807) is 19.1 Å². The van der Waals surface area contributed by atoms with E-state index in [0.29, 0.717) is 12.2 Å². The van der Waals surface area contributed by atoms with Crippen molar-refractivity contribution in [2.24, 2.45) is 5.92 Å². The van der Waals surface area contributed by atoms with E-state index in [1.807, 2.05) is 32.0 Å². The second kappa shape index (κ2) is 6.40. The molecule has 0 radical (unpaired) electrons. The van der Waals surface area contributed by atoms with Crippen LogP contribution < -0.4 is 9.64 Å². The second-order valence-electron chi connectivity index (χ2n) is 4.36. The van der Waals surface area contributed by atoms with Crippen LogP contribution in [-0.2, 0) is 4.79 Å². The molecule has 0 saturated carbocycles. The fraction of sp³-hybridized carbons (Fsp3) is 0.500. The topological polar surface area (TPSA) is 49.8 Å². The molecule has 0 aromatic heterocycles. The first-order chi connectivity index (χ1) is 8.54. The summed E-state index contributed by atoms with van der Waals surface area (Å²) in [6.07, 6.45) is 0.619. The molecule has 1 aromatic carbocycles. The number of carbonyl (C=O) groups is 1. The maximum Gasteiger partial charge on any atom is 0.232 e. The number of rotatable bonds is 5. The van der Waals surface area contributed by atoms with Crippen molar-refractivity contribution in [2.45, 2.75) is 20.3 Å². The van der Waals surface area contributed by atoms with Crippen molar-refractivity contribution in [3.05, 3.63) is 23.8 Å². The summed E-state index contributed by atoms with van der Waals surface area (Å²) >= 11 is 0. The monoisotopic (exact) mass is 251 g/mol. The Hall–Kier alpha value is -1.55. The van der Waals surface area contributed by atoms with Gasteiger partial charge in [0.25, 0.3) is 0 Å². The SMILES string of the molecule is CCC(CO)C(=O)N(C)c1cc(C)ccc1OC. The Morgan fingerprint density at radius 3 is 2.67 bits per heavy atom. The minimum Gasteiger partial charge on any atom is -0.495 e. The average molecular weight is 251 g/mol. The Morgan fingerprint density at radius 1 is 1.50 bits per heavy atom. The van der Waals surface area contributed by atoms with Gasteiger partial charge in [-0.3, -0.25) is 4.79 Å². The molecule has 1 unspecified atom stereocenters. The highest BCUT2D eigenvalue weighted by atomic mass is 16.5. The summed E-state index contributed by atoms with van der Waals surface area (Å²) in [7, 11) is 3.29. The number of ether oxygens (including phenoxy) is 1. The van der Waals surface area contributed by atoms with Crippen molar-refractivity contribution >= 4 is 11.6 Å². The van der Waals surface area contributed by atoms with E-state index in [2.05, 4.69) is 0 Å². The van der Waals surface area contributed by atoms with Gasteiger partial charge in [-0.2, -0.15) is 0 Å². The lowest BCUT2D eigenvalue weighted by Crippen LogP contribution is -2.34. The van der Waals surface area contributed by atoms with Gasteiger partial charge in [-0.1, -0.05) is 13.0 Å². The highest BCUT2D eigenvalue weighted by Gasteiger charge is 2.22. The van der Waals surface area contributed by atoms with Gasteiger partial charge < -0.3 is 14.7 Å². The van der Waals surface area contributed by atoms with E-state index in [-0.39, 0.29) is 18.4 Å². The predicted octanol–water partition coefficient (Wildman–Crippen LogP) is 1.98. The molecular weight excluding hydrogens is 230 g/mol. The molecule has 0 bridgehead atoms. The molecule has 100 valence electrons. The minimum absolute atomic E-state index is 0.0936. The molecule has 18 heavy (non-hydrogen) atoms. The Labute approximate surface area is 108 Å². The van der Waals surface area contributed by atoms with Crippen molar-refractivity contribution in [3.8, 4) is 5.75 Å². The number of amides is 1. The van der Waals surface area contributed by atoms with Gasteiger partial charge in [0.15, 0.2) is 0 Å². The van der Waals surface area contributed by atoms with E-state index in [0.717, 1.165) is 11.3 Å². The van der Waals surface area contributed by atoms with Gasteiger partial charge in [0.2, 0.25) is 5.91 Å². The predicted molar refractivity (Wildman–Crippen MR) is 72.0 cm³/mol. The summed E-state index contributed by atoms with van der Waals surface area (Å²) in [5, 5.41) is 9.19. The zero-order chi connectivity index (χ0) is 13.7. The molecule has 0 aliphatic rings. The Morgan fingerprint density at radius 2 is 2.17 bits per heavy atom. The summed E-state index contributed by atoms with van der Waals surface area (Å²) in [6.45, 7) is 3.72. The number of aryl methyl sites for hydroxylation is 1. The van der Waals surface area contributed by atoms with Crippen LogP contribution in [0.3, 0.4) is 0 Å². The molecular formula is C14H21NO3. The normalized spacial score (nSPS) is 12.1. The smallest absolute Gasteiger partial charge is 0.232 e. The van der Waals surface area contributed by atoms with Gasteiger partial charge in [-0.15, -0.1) is 0 Å². The lowest BCUT2D eigenvalue weighted by molar-refractivity contribution is -0.123. The highest BCUT2D eigenvalue weighted by molar-refractivity contribution is 5.96. The van der Waals surface area contributed by atoms with Gasteiger partial charge in [-0.05, 0) is 31.0 Å². The van der Waals surface area contributed by atoms with Crippen molar-refractivity contribution in [1.82, 2.24) is 0 Å². The van der Waals surface area contributed by atoms with Gasteiger partial charge in [-0.25, -0.2) is 0 Å². The molecule has 1 rings (SSSR count). The van der Waals surface area contributed by atoms with Crippen LogP contribution in [0.5, 0.6) is 5.75 Å². The number of benzene rings is 1. The summed E-state index contributed by atoms with van der Waals surface area (Å²) in [4.78, 5) is 13.7. The maximum atomic E-state index is 12.2. The van der Waals surface area contributed by atoms with Crippen LogP contribution in [0.2, 0.25) is 0 Å². The van der Waals surface area contributed by atoms with Gasteiger partial charge >= 0.3 is 0 Å². The Kier molecular flexibility index (Phi) is 5.16. The summed E-state index contributed by atoms with van der Waals surface area (Å²) in [5.41, 5.74) is 1.79. The van der Waals surface area contributed by atoms with Crippen LogP contribution in [-0.4, -0.2) is 31.8 Å². The van der Waals surface area contributed by atoms with Gasteiger partial charge in [0, 0.05) is 7.05 Å². The van der Waals surface area contributed by atoms with Crippen molar-refractivity contribution in [1.29, 1.82) is 0 Å². The summed E-state index contributed by atoms with van der Waals surface area (Å²) in [6, 6.07) is 5.68. The van der Waals surface area contributed by atoms with Crippen LogP contribution >= 0.6 is 0 Å². The highest BCUT2D eigenvalue weighted by Crippen LogP contribution is 2.29. The summed E-state index contributed by atoms with van der Waals surface area (Å²) < 4.78 is 5.26. The van der Waals surface area contributed by atoms with Crippen molar-refractivity contribution in [2.75, 3.05) is 25.7 Å². The van der Waals surface area contributed by atoms with Crippen LogP contribution in [0, 0.1) is 12.8 Å². The molecule has 0 aliphatic carbocycles. The third-order valence-corrected chi connectivity index (χ3v) is 3.09. The number of nitrogens with zero attached hydrogens (tertiary/aromatic N) is 1. The largest absolute Gasteiger partial charge is 0.495 e. The zero-order valence-electron chi connectivity index (χ0n) is 11.4. The number of hydrogen-bond donors (Lipinski definition) is 1. The third-order valence-electron chi connectivity index (χ3n) is 3.09. The van der Waals surface area contributed by atoms with Crippen molar-refractivity contribution in [3.63, 3.8) is 0 Å². The summed E-state index contributed by atoms with van der Waals surface area (Å²) in [5.74, 6) is 0.202. The zero-order valence-corrected chi connectivity index (χ0v) is 11.4. The van der Waals surface area contributed by atoms with E-state index in [1.165, 1.54) is 0 Å². The standard InChI is InChI=1S/C14H21NO3/c1-5-11(9-16)14(17)15(3)12-8-10(2)6-7-13(12)18-4/h6-8,11,16H,5,9H2,1-4H3. The van der Waals surface area contributed by atoms with Crippen LogP contribution in [0.15, 0.2) is 18.2 Å². The maximum absolute atomic E-state index is 12.2. The molecule has 4 nitrogen and oxygen atoms in total. The second-order valence-corrected chi connectivity index (χ2v) is 4.36. The van der Waals surface area contributed by atoms with Crippen LogP contribution in [0.25, 0.3) is 0 Å². The lowest BCUT2D eigenvalue weighted by Gasteiger charge is -2.24. The first-order valence-electron chi connectivity index (χ1n) is 6.08. The van der Waals surface area contributed by atoms with Crippen molar-refractivity contribution < 1.29 is 14.6 Å². The van der Waals surface area contributed by atoms with E-state index in [9.17, 15) is 9.90 Å². The van der Waals surface area contributed by atoms with Gasteiger partial charge in [0.1, 0.15) is 5.75 Å². The minimum atomic E-state index is -0.361. The number of methoxy groups -OCH3 is 1. The molecule has 0 aliphatic heterocycles. The number of hydrogen-bond acceptors (Lipinski definition) is 3. The molecule has 4 heteroatoms. The van der Waals surface area contributed by atoms with E-state index < -0.39 is 0 Å². The molecule has 1 amide bonds. The molecule has 1 N–H and O–H groups in total. The van der Waals surface area contributed by atoms with Crippen LogP contribution in [0.4, 0.5) is 5.69 Å². The van der Waals surface area contributed by atoms with Gasteiger partial charge in [0.05, 0.1) is 25.3 Å². The molecule has 0 saturated heterocycles. The molecule has 0 fully saturated rings. The average Bonchev–Trinajstić information content (AvgIpc) is 2.39. The Bertz CT molecular complexity index is 414. The fourth-order valence-electron chi connectivity index (χ4n) is 1.84. The first kappa shape index (κ1) is 14.5. The first-order valence-corrected chi connectivity index (χ1v) is 6.08.